The van der Waals surface area contributed by atoms with Gasteiger partial charge in [0.05, 0.1) is 28.1 Å². The molecule has 0 spiro atoms. The van der Waals surface area contributed by atoms with Gasteiger partial charge in [0.2, 0.25) is 0 Å². The molecular formula is C44H27N3O. The Morgan fingerprint density at radius 1 is 0.417 bits per heavy atom. The van der Waals surface area contributed by atoms with Gasteiger partial charge in [0.1, 0.15) is 5.58 Å². The van der Waals surface area contributed by atoms with Crippen LogP contribution in [0.4, 0.5) is 0 Å². The Bertz CT molecular complexity index is 2770. The summed E-state index contributed by atoms with van der Waals surface area (Å²) in [4.78, 5) is 10.1. The van der Waals surface area contributed by atoms with E-state index in [2.05, 4.69) is 132 Å². The molecule has 0 aliphatic carbocycles. The van der Waals surface area contributed by atoms with Crippen molar-refractivity contribution in [1.82, 2.24) is 14.5 Å². The van der Waals surface area contributed by atoms with Crippen molar-refractivity contribution in [1.29, 1.82) is 0 Å². The highest BCUT2D eigenvalue weighted by atomic mass is 16.3. The van der Waals surface area contributed by atoms with E-state index in [1.165, 1.54) is 21.5 Å². The maximum atomic E-state index is 6.72. The normalized spacial score (nSPS) is 11.8. The topological polar surface area (TPSA) is 43.9 Å². The molecule has 4 heteroatoms. The molecule has 0 amide bonds. The van der Waals surface area contributed by atoms with Crippen LogP contribution in [-0.2, 0) is 0 Å². The van der Waals surface area contributed by atoms with Crippen molar-refractivity contribution in [3.05, 3.63) is 164 Å². The molecule has 0 saturated heterocycles. The summed E-state index contributed by atoms with van der Waals surface area (Å²) in [5.41, 5.74) is 9.83. The number of furan rings is 1. The summed E-state index contributed by atoms with van der Waals surface area (Å²) in [6.45, 7) is 0. The summed E-state index contributed by atoms with van der Waals surface area (Å²) in [6, 6.07) is 57.2. The van der Waals surface area contributed by atoms with Gasteiger partial charge in [-0.15, -0.1) is 0 Å². The number of nitrogens with zero attached hydrogens (tertiary/aromatic N) is 3. The smallest absolute Gasteiger partial charge is 0.160 e. The minimum atomic E-state index is 0.699. The molecule has 10 aromatic rings. The fourth-order valence-electron chi connectivity index (χ4n) is 7.10. The second-order valence-electron chi connectivity index (χ2n) is 12.2. The second-order valence-corrected chi connectivity index (χ2v) is 12.2. The molecule has 4 nitrogen and oxygen atoms in total. The van der Waals surface area contributed by atoms with Crippen molar-refractivity contribution in [2.75, 3.05) is 0 Å². The van der Waals surface area contributed by atoms with Crippen LogP contribution in [0.3, 0.4) is 0 Å². The van der Waals surface area contributed by atoms with E-state index in [0.29, 0.717) is 5.82 Å². The molecule has 7 aromatic carbocycles. The highest BCUT2D eigenvalue weighted by Gasteiger charge is 2.19. The summed E-state index contributed by atoms with van der Waals surface area (Å²) in [5.74, 6) is 0.699. The minimum absolute atomic E-state index is 0.699. The van der Waals surface area contributed by atoms with E-state index in [4.69, 9.17) is 14.4 Å². The Kier molecular flexibility index (Phi) is 5.84. The molecular weight excluding hydrogens is 587 g/mol. The lowest BCUT2D eigenvalue weighted by molar-refractivity contribution is 0.666. The van der Waals surface area contributed by atoms with Crippen molar-refractivity contribution in [2.45, 2.75) is 0 Å². The van der Waals surface area contributed by atoms with E-state index < -0.39 is 0 Å². The van der Waals surface area contributed by atoms with Gasteiger partial charge in [-0.25, -0.2) is 9.97 Å². The molecule has 0 aliphatic rings. The number of para-hydroxylation sites is 2. The van der Waals surface area contributed by atoms with Crippen molar-refractivity contribution in [3.63, 3.8) is 0 Å². The van der Waals surface area contributed by atoms with Crippen LogP contribution < -0.4 is 0 Å². The summed E-state index contributed by atoms with van der Waals surface area (Å²) < 4.78 is 9.07. The lowest BCUT2D eigenvalue weighted by Gasteiger charge is -2.09. The molecule has 10 rings (SSSR count). The lowest BCUT2D eigenvalue weighted by atomic mass is 10.0. The van der Waals surface area contributed by atoms with Crippen molar-refractivity contribution < 1.29 is 4.42 Å². The van der Waals surface area contributed by atoms with E-state index in [-0.39, 0.29) is 0 Å². The average Bonchev–Trinajstić information content (AvgIpc) is 3.69. The number of aromatic nitrogens is 3. The maximum absolute atomic E-state index is 6.72. The molecule has 0 N–H and O–H groups in total. The Labute approximate surface area is 276 Å². The maximum Gasteiger partial charge on any atom is 0.160 e. The largest absolute Gasteiger partial charge is 0.454 e. The summed E-state index contributed by atoms with van der Waals surface area (Å²) in [7, 11) is 0. The second kappa shape index (κ2) is 10.5. The third-order valence-corrected chi connectivity index (χ3v) is 9.38. The zero-order valence-corrected chi connectivity index (χ0v) is 25.8. The SMILES string of the molecule is c1ccc(-c2cc(-c3ccc4oc5c(-n6c7ccccc7c7cc8ccccc8cc76)cccc5c4c3)nc(-c3ccccc3)n2)cc1. The third-order valence-electron chi connectivity index (χ3n) is 9.38. The summed E-state index contributed by atoms with van der Waals surface area (Å²) in [6.07, 6.45) is 0. The van der Waals surface area contributed by atoms with Crippen molar-refractivity contribution in [2.24, 2.45) is 0 Å². The van der Waals surface area contributed by atoms with Gasteiger partial charge in [0, 0.05) is 38.2 Å². The van der Waals surface area contributed by atoms with Crippen molar-refractivity contribution >= 4 is 54.5 Å². The molecule has 3 aromatic heterocycles. The Hall–Kier alpha value is -6.52. The molecule has 0 bridgehead atoms. The quantitative estimate of drug-likeness (QED) is 0.198. The molecule has 48 heavy (non-hydrogen) atoms. The van der Waals surface area contributed by atoms with Gasteiger partial charge >= 0.3 is 0 Å². The van der Waals surface area contributed by atoms with Gasteiger partial charge in [-0.05, 0) is 59.3 Å². The summed E-state index contributed by atoms with van der Waals surface area (Å²) >= 11 is 0. The number of hydrogen-bond acceptors (Lipinski definition) is 3. The first kappa shape index (κ1) is 26.7. The van der Waals surface area contributed by atoms with Gasteiger partial charge in [-0.2, -0.15) is 0 Å². The minimum Gasteiger partial charge on any atom is -0.454 e. The van der Waals surface area contributed by atoms with Gasteiger partial charge in [0.25, 0.3) is 0 Å². The molecule has 0 aliphatic heterocycles. The Morgan fingerprint density at radius 3 is 1.90 bits per heavy atom. The average molecular weight is 614 g/mol. The first-order valence-corrected chi connectivity index (χ1v) is 16.2. The van der Waals surface area contributed by atoms with E-state index in [1.54, 1.807) is 0 Å². The van der Waals surface area contributed by atoms with Crippen LogP contribution in [0.5, 0.6) is 0 Å². The molecule has 0 saturated carbocycles. The van der Waals surface area contributed by atoms with Crippen molar-refractivity contribution in [3.8, 4) is 39.6 Å². The van der Waals surface area contributed by atoms with Crippen LogP contribution in [0.1, 0.15) is 0 Å². The van der Waals surface area contributed by atoms with Gasteiger partial charge in [-0.1, -0.05) is 115 Å². The fourth-order valence-corrected chi connectivity index (χ4v) is 7.10. The zero-order valence-electron chi connectivity index (χ0n) is 25.8. The standard InChI is InChI=1S/C44H27N3O/c1-3-12-28(13-4-1)37-27-38(46-44(45-37)29-14-5-2-6-15-29)32-22-23-42-36(25-32)34-19-11-21-40(43(34)48-42)47-39-20-10-9-18-33(39)35-24-30-16-7-8-17-31(30)26-41(35)47/h1-27H. The molecule has 0 radical (unpaired) electrons. The highest BCUT2D eigenvalue weighted by molar-refractivity contribution is 6.15. The van der Waals surface area contributed by atoms with Gasteiger partial charge in [0.15, 0.2) is 11.4 Å². The molecule has 224 valence electrons. The molecule has 3 heterocycles. The third kappa shape index (κ3) is 4.16. The van der Waals surface area contributed by atoms with Crippen LogP contribution in [0.2, 0.25) is 0 Å². The highest BCUT2D eigenvalue weighted by Crippen LogP contribution is 2.40. The van der Waals surface area contributed by atoms with E-state index in [0.717, 1.165) is 66.7 Å². The Morgan fingerprint density at radius 2 is 1.08 bits per heavy atom. The Balaban J connectivity index is 1.19. The number of fused-ring (bicyclic) bond motifs is 7. The van der Waals surface area contributed by atoms with Crippen LogP contribution in [0.15, 0.2) is 168 Å². The first-order chi connectivity index (χ1) is 23.8. The van der Waals surface area contributed by atoms with E-state index in [1.807, 2.05) is 36.4 Å². The fraction of sp³-hybridized carbons (Fsp3) is 0. The van der Waals surface area contributed by atoms with Gasteiger partial charge in [-0.3, -0.25) is 0 Å². The zero-order chi connectivity index (χ0) is 31.6. The van der Waals surface area contributed by atoms with E-state index >= 15 is 0 Å². The predicted molar refractivity (Wildman–Crippen MR) is 197 cm³/mol. The van der Waals surface area contributed by atoms with Crippen LogP contribution >= 0.6 is 0 Å². The van der Waals surface area contributed by atoms with Gasteiger partial charge < -0.3 is 8.98 Å². The van der Waals surface area contributed by atoms with E-state index in [9.17, 15) is 0 Å². The first-order valence-electron chi connectivity index (χ1n) is 16.2. The molecule has 0 fully saturated rings. The van der Waals surface area contributed by atoms with Crippen LogP contribution in [0.25, 0.3) is 94.1 Å². The molecule has 0 unspecified atom stereocenters. The number of rotatable bonds is 4. The molecule has 0 atom stereocenters. The number of benzene rings is 7. The summed E-state index contributed by atoms with van der Waals surface area (Å²) in [5, 5.41) is 7.02. The predicted octanol–water partition coefficient (Wildman–Crippen LogP) is 11.6. The lowest BCUT2D eigenvalue weighted by Crippen LogP contribution is -1.95. The monoisotopic (exact) mass is 613 g/mol. The van der Waals surface area contributed by atoms with Crippen LogP contribution in [-0.4, -0.2) is 14.5 Å². The number of hydrogen-bond donors (Lipinski definition) is 0. The van der Waals surface area contributed by atoms with Crippen LogP contribution in [0, 0.1) is 0 Å².